The van der Waals surface area contributed by atoms with Gasteiger partial charge < -0.3 is 0 Å². The van der Waals surface area contributed by atoms with E-state index in [4.69, 9.17) is 0 Å². The van der Waals surface area contributed by atoms with Crippen LogP contribution in [0.3, 0.4) is 0 Å². The van der Waals surface area contributed by atoms with E-state index in [2.05, 4.69) is 11.8 Å². The van der Waals surface area contributed by atoms with Crippen LogP contribution in [0.2, 0.25) is 0 Å². The van der Waals surface area contributed by atoms with Gasteiger partial charge in [-0.2, -0.15) is 0 Å². The van der Waals surface area contributed by atoms with Crippen LogP contribution < -0.4 is 0 Å². The van der Waals surface area contributed by atoms with Crippen LogP contribution in [-0.4, -0.2) is 20.5 Å². The Kier molecular flexibility index (Phi) is 4.39. The number of Topliss-reactive ketones (excluding diaryl/α,β-unsaturated/α-hetero) is 1. The third-order valence-electron chi connectivity index (χ3n) is 3.82. The van der Waals surface area contributed by atoms with Crippen molar-refractivity contribution < 1.29 is 9.00 Å². The van der Waals surface area contributed by atoms with E-state index in [1.54, 1.807) is 0 Å². The van der Waals surface area contributed by atoms with Crippen molar-refractivity contribution in [2.75, 3.05) is 0 Å². The summed E-state index contributed by atoms with van der Waals surface area (Å²) in [6.45, 7) is 1.99. The van der Waals surface area contributed by atoms with Crippen LogP contribution in [0.15, 0.2) is 0 Å². The Morgan fingerprint density at radius 3 is 2.47 bits per heavy atom. The predicted octanol–water partition coefficient (Wildman–Crippen LogP) is 2.44. The number of hydrogen-bond acceptors (Lipinski definition) is 2. The summed E-state index contributed by atoms with van der Waals surface area (Å²) in [5, 5.41) is 0.575. The Hall–Kier alpha value is -0.620. The van der Waals surface area contributed by atoms with Crippen molar-refractivity contribution in [1.29, 1.82) is 0 Å². The van der Waals surface area contributed by atoms with Gasteiger partial charge in [-0.1, -0.05) is 19.3 Å². The molecule has 2 fully saturated rings. The fraction of sp³-hybridized carbons (Fsp3) is 0.786. The standard InChI is InChI=1S/C14H20O2S/c1-2-3-4-8-14(15)11-9-12-6-5-7-13(10-11)17(12)16/h11-13H,2,5-10H2,1H3. The maximum absolute atomic E-state index is 12.0. The number of carbonyl (C=O) groups is 1. The molecule has 0 spiro atoms. The lowest BCUT2D eigenvalue weighted by Crippen LogP contribution is -2.41. The average Bonchev–Trinajstić information content (AvgIpc) is 2.28. The van der Waals surface area contributed by atoms with Gasteiger partial charge in [-0.15, -0.1) is 5.92 Å². The van der Waals surface area contributed by atoms with E-state index in [9.17, 15) is 9.00 Å². The summed E-state index contributed by atoms with van der Waals surface area (Å²) in [5.74, 6) is 6.29. The number of hydrogen-bond donors (Lipinski definition) is 0. The molecular formula is C14H20O2S. The van der Waals surface area contributed by atoms with E-state index in [0.29, 0.717) is 6.42 Å². The Bertz CT molecular complexity index is 361. The minimum absolute atomic E-state index is 0.133. The van der Waals surface area contributed by atoms with Crippen molar-refractivity contribution in [1.82, 2.24) is 0 Å². The Balaban J connectivity index is 1.95. The third-order valence-corrected chi connectivity index (χ3v) is 5.99. The van der Waals surface area contributed by atoms with Gasteiger partial charge >= 0.3 is 0 Å². The molecule has 0 aromatic rings. The summed E-state index contributed by atoms with van der Waals surface area (Å²) in [4.78, 5) is 12.0. The minimum atomic E-state index is -0.669. The Morgan fingerprint density at radius 1 is 1.24 bits per heavy atom. The van der Waals surface area contributed by atoms with E-state index in [0.717, 1.165) is 32.1 Å². The van der Waals surface area contributed by atoms with Crippen LogP contribution in [0.1, 0.15) is 51.9 Å². The zero-order valence-electron chi connectivity index (χ0n) is 10.4. The van der Waals surface area contributed by atoms with Crippen molar-refractivity contribution in [3.8, 4) is 11.8 Å². The zero-order chi connectivity index (χ0) is 12.3. The van der Waals surface area contributed by atoms with Crippen molar-refractivity contribution in [2.45, 2.75) is 62.4 Å². The molecule has 2 rings (SSSR count). The van der Waals surface area contributed by atoms with Crippen LogP contribution >= 0.6 is 0 Å². The first-order valence-electron chi connectivity index (χ1n) is 6.60. The first-order chi connectivity index (χ1) is 8.22. The molecule has 3 heteroatoms. The topological polar surface area (TPSA) is 34.1 Å². The predicted molar refractivity (Wildman–Crippen MR) is 70.0 cm³/mol. The van der Waals surface area contributed by atoms with Crippen LogP contribution in [-0.2, 0) is 15.6 Å². The first kappa shape index (κ1) is 12.8. The molecule has 0 amide bonds. The average molecular weight is 252 g/mol. The minimum Gasteiger partial charge on any atom is -0.298 e. The highest BCUT2D eigenvalue weighted by molar-refractivity contribution is 7.86. The number of rotatable bonds is 2. The second-order valence-corrected chi connectivity index (χ2v) is 7.01. The van der Waals surface area contributed by atoms with Crippen LogP contribution in [0.25, 0.3) is 0 Å². The SMILES string of the molecule is CCC#CCC(=O)C1CC2CCCC(C1)S2=O. The van der Waals surface area contributed by atoms with Crippen molar-refractivity contribution in [3.05, 3.63) is 0 Å². The van der Waals surface area contributed by atoms with Crippen molar-refractivity contribution >= 4 is 16.6 Å². The first-order valence-corrected chi connectivity index (χ1v) is 7.87. The molecule has 0 aromatic heterocycles. The lowest BCUT2D eigenvalue weighted by atomic mass is 9.86. The Morgan fingerprint density at radius 2 is 1.88 bits per heavy atom. The summed E-state index contributed by atoms with van der Waals surface area (Å²) >= 11 is 0. The number of fused-ring (bicyclic) bond motifs is 2. The Labute approximate surface area is 106 Å². The second-order valence-electron chi connectivity index (χ2n) is 5.02. The molecule has 2 atom stereocenters. The van der Waals surface area contributed by atoms with Gasteiger partial charge in [0.05, 0.1) is 6.42 Å². The molecule has 2 bridgehead atoms. The smallest absolute Gasteiger partial charge is 0.147 e. The lowest BCUT2D eigenvalue weighted by molar-refractivity contribution is -0.122. The zero-order valence-corrected chi connectivity index (χ0v) is 11.2. The highest BCUT2D eigenvalue weighted by Crippen LogP contribution is 2.37. The summed E-state index contributed by atoms with van der Waals surface area (Å²) in [5.41, 5.74) is 0. The summed E-state index contributed by atoms with van der Waals surface area (Å²) in [7, 11) is -0.669. The normalized spacial score (nSPS) is 35.8. The third kappa shape index (κ3) is 2.98. The summed E-state index contributed by atoms with van der Waals surface area (Å²) < 4.78 is 12.0. The van der Waals surface area contributed by atoms with E-state index in [1.807, 2.05) is 6.92 Å². The van der Waals surface area contributed by atoms with E-state index in [1.165, 1.54) is 6.42 Å². The van der Waals surface area contributed by atoms with Gasteiger partial charge in [0.25, 0.3) is 0 Å². The molecule has 0 radical (unpaired) electrons. The highest BCUT2D eigenvalue weighted by atomic mass is 32.2. The van der Waals surface area contributed by atoms with E-state index < -0.39 is 10.8 Å². The molecule has 2 aliphatic rings. The molecule has 2 nitrogen and oxygen atoms in total. The molecule has 2 unspecified atom stereocenters. The maximum atomic E-state index is 12.0. The number of ketones is 1. The van der Waals surface area contributed by atoms with Gasteiger partial charge in [0.15, 0.2) is 0 Å². The number of carbonyl (C=O) groups excluding carboxylic acids is 1. The van der Waals surface area contributed by atoms with Gasteiger partial charge in [0, 0.05) is 33.6 Å². The monoisotopic (exact) mass is 252 g/mol. The molecule has 0 aliphatic carbocycles. The molecule has 17 heavy (non-hydrogen) atoms. The van der Waals surface area contributed by atoms with Gasteiger partial charge in [-0.3, -0.25) is 9.00 Å². The van der Waals surface area contributed by atoms with Crippen molar-refractivity contribution in [2.24, 2.45) is 5.92 Å². The van der Waals surface area contributed by atoms with Gasteiger partial charge in [0.2, 0.25) is 0 Å². The largest absolute Gasteiger partial charge is 0.298 e. The quantitative estimate of drug-likeness (QED) is 0.707. The molecule has 94 valence electrons. The van der Waals surface area contributed by atoms with Crippen LogP contribution in [0.5, 0.6) is 0 Å². The van der Waals surface area contributed by atoms with E-state index >= 15 is 0 Å². The molecule has 0 saturated carbocycles. The van der Waals surface area contributed by atoms with Gasteiger partial charge in [-0.25, -0.2) is 0 Å². The lowest BCUT2D eigenvalue weighted by Gasteiger charge is -2.37. The fourth-order valence-electron chi connectivity index (χ4n) is 2.92. The maximum Gasteiger partial charge on any atom is 0.147 e. The molecule has 0 N–H and O–H groups in total. The van der Waals surface area contributed by atoms with Crippen LogP contribution in [0, 0.1) is 17.8 Å². The highest BCUT2D eigenvalue weighted by Gasteiger charge is 2.39. The molecular weight excluding hydrogens is 232 g/mol. The van der Waals surface area contributed by atoms with E-state index in [-0.39, 0.29) is 22.2 Å². The molecule has 2 aliphatic heterocycles. The van der Waals surface area contributed by atoms with Crippen molar-refractivity contribution in [3.63, 3.8) is 0 Å². The molecule has 0 aromatic carbocycles. The van der Waals surface area contributed by atoms with Gasteiger partial charge in [-0.05, 0) is 25.7 Å². The fourth-order valence-corrected chi connectivity index (χ4v) is 5.10. The van der Waals surface area contributed by atoms with Gasteiger partial charge in [0.1, 0.15) is 5.78 Å². The summed E-state index contributed by atoms with van der Waals surface area (Å²) in [6.07, 6.45) is 6.18. The second kappa shape index (κ2) is 5.82. The molecule has 2 saturated heterocycles. The summed E-state index contributed by atoms with van der Waals surface area (Å²) in [6, 6.07) is 0. The molecule has 2 heterocycles. The van der Waals surface area contributed by atoms with Crippen LogP contribution in [0.4, 0.5) is 0 Å².